The smallest absolute Gasteiger partial charge is 0.311 e. The van der Waals surface area contributed by atoms with Crippen LogP contribution < -0.4 is 11.1 Å². The molecule has 1 aromatic carbocycles. The summed E-state index contributed by atoms with van der Waals surface area (Å²) in [7, 11) is 1.57. The second kappa shape index (κ2) is 21.9. The highest BCUT2D eigenvalue weighted by molar-refractivity contribution is 6.13. The number of esters is 1. The van der Waals surface area contributed by atoms with Crippen molar-refractivity contribution in [3.8, 4) is 0 Å². The Morgan fingerprint density at radius 2 is 1.57 bits per heavy atom. The molecule has 16 heteroatoms. The number of benzene rings is 1. The van der Waals surface area contributed by atoms with Gasteiger partial charge in [0, 0.05) is 50.9 Å². The number of carbonyl (C=O) groups is 7. The van der Waals surface area contributed by atoms with Crippen LogP contribution in [0.2, 0.25) is 0 Å². The molecule has 0 unspecified atom stereocenters. The van der Waals surface area contributed by atoms with E-state index >= 15 is 0 Å². The zero-order chi connectivity index (χ0) is 41.4. The lowest BCUT2D eigenvalue weighted by molar-refractivity contribution is -0.154. The number of hydrogen-bond acceptors (Lipinski definition) is 12. The maximum absolute atomic E-state index is 13.9. The van der Waals surface area contributed by atoms with E-state index in [1.807, 2.05) is 0 Å². The Kier molecular flexibility index (Phi) is 17.7. The Labute approximate surface area is 327 Å². The molecular weight excluding hydrogens is 724 g/mol. The number of imide groups is 1. The molecule has 0 spiro atoms. The highest BCUT2D eigenvalue weighted by Gasteiger charge is 2.37. The lowest BCUT2D eigenvalue weighted by atomic mass is 9.87. The van der Waals surface area contributed by atoms with Gasteiger partial charge in [0.2, 0.25) is 11.8 Å². The summed E-state index contributed by atoms with van der Waals surface area (Å²) in [5.41, 5.74) is 6.34. The normalized spacial score (nSPS) is 14.5. The third-order valence-electron chi connectivity index (χ3n) is 9.21. The minimum Gasteiger partial charge on any atom is -0.460 e. The fourth-order valence-corrected chi connectivity index (χ4v) is 5.88. The quantitative estimate of drug-likeness (QED) is 0.0844. The van der Waals surface area contributed by atoms with Crippen LogP contribution in [0.5, 0.6) is 0 Å². The first-order chi connectivity index (χ1) is 26.5. The van der Waals surface area contributed by atoms with E-state index < -0.39 is 52.8 Å². The minimum atomic E-state index is -1.06. The first-order valence-electron chi connectivity index (χ1n) is 18.9. The van der Waals surface area contributed by atoms with Crippen molar-refractivity contribution in [2.75, 3.05) is 26.9 Å². The van der Waals surface area contributed by atoms with Gasteiger partial charge in [0.25, 0.3) is 11.8 Å². The average Bonchev–Trinajstić information content (AvgIpc) is 3.74. The topological polar surface area (TPSA) is 219 Å². The third-order valence-corrected chi connectivity index (χ3v) is 9.21. The fraction of sp³-hybridized carbons (Fsp3) is 0.575. The molecule has 1 aliphatic heterocycles. The summed E-state index contributed by atoms with van der Waals surface area (Å²) in [6.07, 6.45) is 4.51. The molecule has 1 aromatic heterocycles. The SMILES string of the molecule is COCCOCCn1cc([C@@H](CC(=O)C[C@H](C(=O)N[C@@H](CCCCC(N)=O)C(=O)Cc2ccc(COC(=O)C(C)(C)C)cc2)C(C)C)N2C(=O)C=CC2=O)nn1. The number of Topliss-reactive ketones (excluding diaryl/α,β-unsaturated/α-hetero) is 2. The van der Waals surface area contributed by atoms with Crippen LogP contribution in [-0.2, 0) is 67.3 Å². The number of hydrogen-bond donors (Lipinski definition) is 2. The maximum atomic E-state index is 13.9. The van der Waals surface area contributed by atoms with E-state index in [1.165, 1.54) is 4.68 Å². The van der Waals surface area contributed by atoms with E-state index in [4.69, 9.17) is 19.9 Å². The number of nitrogens with two attached hydrogens (primary N) is 1. The number of amides is 4. The number of ketones is 2. The Morgan fingerprint density at radius 1 is 0.911 bits per heavy atom. The van der Waals surface area contributed by atoms with Crippen molar-refractivity contribution < 1.29 is 47.8 Å². The molecule has 306 valence electrons. The average molecular weight is 781 g/mol. The second-order valence-corrected chi connectivity index (χ2v) is 15.3. The van der Waals surface area contributed by atoms with Gasteiger partial charge >= 0.3 is 5.97 Å². The van der Waals surface area contributed by atoms with Crippen LogP contribution in [0.15, 0.2) is 42.6 Å². The predicted molar refractivity (Wildman–Crippen MR) is 203 cm³/mol. The standard InChI is InChI=1S/C40H56N6O10/c1-26(2)30(22-29(47)23-33(46-36(50)15-16-37(46)51)32-24-45(44-43-32)17-18-55-20-19-54-6)38(52)42-31(9-7-8-10-35(41)49)34(48)21-27-11-13-28(14-12-27)25-56-39(53)40(3,4)5/h11-16,24,26,30-31,33H,7-10,17-23,25H2,1-6H3,(H2,41,49)(H,42,52)/t30-,31-,33+/m0/s1. The van der Waals surface area contributed by atoms with Crippen molar-refractivity contribution in [3.63, 3.8) is 0 Å². The monoisotopic (exact) mass is 780 g/mol. The molecule has 3 rings (SSSR count). The van der Waals surface area contributed by atoms with Gasteiger partial charge in [0.15, 0.2) is 5.78 Å². The Hall–Kier alpha value is -5.09. The first kappa shape index (κ1) is 45.3. The molecule has 56 heavy (non-hydrogen) atoms. The molecular formula is C40H56N6O10. The van der Waals surface area contributed by atoms with E-state index in [1.54, 1.807) is 72.2 Å². The summed E-state index contributed by atoms with van der Waals surface area (Å²) in [5.74, 6) is -4.31. The maximum Gasteiger partial charge on any atom is 0.311 e. The van der Waals surface area contributed by atoms with Crippen LogP contribution in [0.1, 0.15) is 96.0 Å². The van der Waals surface area contributed by atoms with Gasteiger partial charge in [-0.3, -0.25) is 38.5 Å². The molecule has 16 nitrogen and oxygen atoms in total. The Balaban J connectivity index is 1.72. The van der Waals surface area contributed by atoms with E-state index in [0.29, 0.717) is 44.8 Å². The van der Waals surface area contributed by atoms with Gasteiger partial charge in [-0.25, -0.2) is 4.68 Å². The molecule has 0 radical (unpaired) electrons. The van der Waals surface area contributed by atoms with Gasteiger partial charge in [-0.15, -0.1) is 5.10 Å². The summed E-state index contributed by atoms with van der Waals surface area (Å²) in [6.45, 7) is 10.4. The Morgan fingerprint density at radius 3 is 2.18 bits per heavy atom. The summed E-state index contributed by atoms with van der Waals surface area (Å²) in [4.78, 5) is 91.2. The van der Waals surface area contributed by atoms with E-state index in [2.05, 4.69) is 15.6 Å². The molecule has 0 fully saturated rings. The lowest BCUT2D eigenvalue weighted by Crippen LogP contribution is -2.46. The molecule has 3 atom stereocenters. The van der Waals surface area contributed by atoms with Crippen molar-refractivity contribution in [3.05, 3.63) is 59.4 Å². The molecule has 4 amide bonds. The van der Waals surface area contributed by atoms with Crippen LogP contribution in [-0.4, -0.2) is 94.0 Å². The van der Waals surface area contributed by atoms with Crippen LogP contribution >= 0.6 is 0 Å². The van der Waals surface area contributed by atoms with Gasteiger partial charge in [0.1, 0.15) is 18.1 Å². The van der Waals surface area contributed by atoms with E-state index in [0.717, 1.165) is 22.6 Å². The lowest BCUT2D eigenvalue weighted by Gasteiger charge is -2.26. The number of aromatic nitrogens is 3. The van der Waals surface area contributed by atoms with Crippen molar-refractivity contribution in [2.45, 2.75) is 105 Å². The fourth-order valence-electron chi connectivity index (χ4n) is 5.88. The van der Waals surface area contributed by atoms with Gasteiger partial charge in [-0.1, -0.05) is 49.7 Å². The third kappa shape index (κ3) is 14.5. The molecule has 0 aliphatic carbocycles. The van der Waals surface area contributed by atoms with Crippen molar-refractivity contribution in [2.24, 2.45) is 23.0 Å². The summed E-state index contributed by atoms with van der Waals surface area (Å²) < 4.78 is 17.3. The minimum absolute atomic E-state index is 0.00166. The number of carbonyl (C=O) groups excluding carboxylic acids is 7. The van der Waals surface area contributed by atoms with Crippen LogP contribution in [0.25, 0.3) is 0 Å². The first-order valence-corrected chi connectivity index (χ1v) is 18.9. The molecule has 3 N–H and O–H groups in total. The zero-order valence-electron chi connectivity index (χ0n) is 33.3. The number of primary amides is 1. The van der Waals surface area contributed by atoms with Gasteiger partial charge in [-0.05, 0) is 50.7 Å². The van der Waals surface area contributed by atoms with Crippen molar-refractivity contribution >= 4 is 41.2 Å². The Bertz CT molecular complexity index is 1690. The van der Waals surface area contributed by atoms with Gasteiger partial charge in [-0.2, -0.15) is 0 Å². The van der Waals surface area contributed by atoms with Crippen LogP contribution in [0, 0.1) is 17.3 Å². The second-order valence-electron chi connectivity index (χ2n) is 15.3. The van der Waals surface area contributed by atoms with Gasteiger partial charge in [0.05, 0.1) is 50.1 Å². The number of nitrogens with one attached hydrogen (secondary N) is 1. The molecule has 0 saturated carbocycles. The highest BCUT2D eigenvalue weighted by Crippen LogP contribution is 2.29. The van der Waals surface area contributed by atoms with E-state index in [9.17, 15) is 33.6 Å². The summed E-state index contributed by atoms with van der Waals surface area (Å²) in [5, 5.41) is 11.1. The van der Waals surface area contributed by atoms with Crippen molar-refractivity contribution in [1.29, 1.82) is 0 Å². The number of methoxy groups -OCH3 is 1. The number of unbranched alkanes of at least 4 members (excludes halogenated alkanes) is 1. The highest BCUT2D eigenvalue weighted by atomic mass is 16.5. The largest absolute Gasteiger partial charge is 0.460 e. The molecule has 1 aliphatic rings. The van der Waals surface area contributed by atoms with Crippen molar-refractivity contribution in [1.82, 2.24) is 25.2 Å². The predicted octanol–water partition coefficient (Wildman–Crippen LogP) is 2.96. The molecule has 0 saturated heterocycles. The molecule has 2 aromatic rings. The number of nitrogens with zero attached hydrogens (tertiary/aromatic N) is 4. The number of ether oxygens (including phenoxy) is 3. The molecule has 0 bridgehead atoms. The summed E-state index contributed by atoms with van der Waals surface area (Å²) in [6, 6.07) is 5.09. The van der Waals surface area contributed by atoms with E-state index in [-0.39, 0.29) is 62.1 Å². The number of rotatable bonds is 25. The molecule has 2 heterocycles. The zero-order valence-corrected chi connectivity index (χ0v) is 33.3. The van der Waals surface area contributed by atoms with Crippen LogP contribution in [0.3, 0.4) is 0 Å². The van der Waals surface area contributed by atoms with Crippen LogP contribution in [0.4, 0.5) is 0 Å². The van der Waals surface area contributed by atoms with Gasteiger partial charge < -0.3 is 25.3 Å². The summed E-state index contributed by atoms with van der Waals surface area (Å²) >= 11 is 0.